The fourth-order valence-electron chi connectivity index (χ4n) is 4.48. The van der Waals surface area contributed by atoms with E-state index in [-0.39, 0.29) is 11.1 Å². The number of rotatable bonds is 8. The van der Waals surface area contributed by atoms with E-state index >= 15 is 0 Å². The van der Waals surface area contributed by atoms with Crippen molar-refractivity contribution in [3.63, 3.8) is 0 Å². The summed E-state index contributed by atoms with van der Waals surface area (Å²) in [7, 11) is 0. The molecule has 0 saturated carbocycles. The van der Waals surface area contributed by atoms with Crippen LogP contribution in [0.1, 0.15) is 36.4 Å². The number of aromatic amines is 2. The normalized spacial score (nSPS) is 29.5. The van der Waals surface area contributed by atoms with Gasteiger partial charge in [0.2, 0.25) is 11.6 Å². The van der Waals surface area contributed by atoms with E-state index in [1.54, 1.807) is 0 Å². The van der Waals surface area contributed by atoms with Crippen LogP contribution in [-0.4, -0.2) is 82.7 Å². The molecule has 19 heteroatoms. The molecule has 6 N–H and O–H groups in total. The zero-order chi connectivity index (χ0) is 30.8. The molecule has 2 unspecified atom stereocenters. The highest BCUT2D eigenvalue weighted by Crippen LogP contribution is 2.40. The first-order valence-electron chi connectivity index (χ1n) is 12.0. The van der Waals surface area contributed by atoms with Gasteiger partial charge in [0.1, 0.15) is 24.7 Å². The third-order valence-corrected chi connectivity index (χ3v) is 7.06. The van der Waals surface area contributed by atoms with Gasteiger partial charge in [0.25, 0.3) is 11.1 Å². The monoisotopic (exact) mass is 722 g/mol. The van der Waals surface area contributed by atoms with E-state index < -0.39 is 90.9 Å². The molecule has 0 spiro atoms. The van der Waals surface area contributed by atoms with Gasteiger partial charge in [0.15, 0.2) is 0 Å². The molecule has 0 aromatic carbocycles. The molecule has 2 saturated heterocycles. The third kappa shape index (κ3) is 6.27. The minimum Gasteiger partial charge on any atom is -0.399 e. The Morgan fingerprint density at radius 2 is 1.24 bits per heavy atom. The lowest BCUT2D eigenvalue weighted by Gasteiger charge is -2.30. The average molecular weight is 724 g/mol. The molecular formula is C23H24Br2N4O13. The van der Waals surface area contributed by atoms with E-state index in [1.807, 2.05) is 0 Å². The molecule has 2 aliphatic heterocycles. The van der Waals surface area contributed by atoms with Crippen molar-refractivity contribution in [3.8, 4) is 0 Å². The number of ether oxygens (including phenoxy) is 4. The predicted octanol–water partition coefficient (Wildman–Crippen LogP) is -1.09. The van der Waals surface area contributed by atoms with E-state index in [9.17, 15) is 44.4 Å². The van der Waals surface area contributed by atoms with Crippen LogP contribution in [0.3, 0.4) is 0 Å². The highest BCUT2D eigenvalue weighted by molar-refractivity contribution is 9.11. The summed E-state index contributed by atoms with van der Waals surface area (Å²) in [6.45, 7) is -1.77. The Bertz CT molecular complexity index is 1510. The van der Waals surface area contributed by atoms with Crippen LogP contribution < -0.4 is 22.5 Å². The number of hydrogen-bond acceptors (Lipinski definition) is 13. The minimum absolute atomic E-state index is 0.0383. The fraction of sp³-hybridized carbons (Fsp3) is 0.435. The summed E-state index contributed by atoms with van der Waals surface area (Å²) >= 11 is 6.04. The molecule has 2 aromatic heterocycles. The quantitative estimate of drug-likeness (QED) is 0.140. The molecule has 2 fully saturated rings. The SMILES string of the molecule is O=C(OC1(O)C[C@@H](n2cc(C=CBr)c(=O)[nH]c2=O)O[C@H]1CO)OC1(O)C[C@@H](n2cc(C=CBr)c(=O)[nH]c2=O)O[C@H]1CO. The van der Waals surface area contributed by atoms with Gasteiger partial charge in [-0.15, -0.1) is 0 Å². The van der Waals surface area contributed by atoms with Crippen LogP contribution in [0.2, 0.25) is 0 Å². The summed E-state index contributed by atoms with van der Waals surface area (Å²) in [5, 5.41) is 41.6. The molecule has 2 aromatic rings. The van der Waals surface area contributed by atoms with E-state index in [0.717, 1.165) is 21.5 Å². The fourth-order valence-corrected chi connectivity index (χ4v) is 5.05. The zero-order valence-corrected chi connectivity index (χ0v) is 24.4. The summed E-state index contributed by atoms with van der Waals surface area (Å²) in [6.07, 6.45) is -3.83. The van der Waals surface area contributed by atoms with Crippen LogP contribution in [-0.2, 0) is 18.9 Å². The van der Waals surface area contributed by atoms with Gasteiger partial charge in [-0.3, -0.25) is 28.7 Å². The molecule has 4 heterocycles. The Morgan fingerprint density at radius 1 is 0.857 bits per heavy atom. The summed E-state index contributed by atoms with van der Waals surface area (Å²) < 4.78 is 22.9. The number of hydrogen-bond donors (Lipinski definition) is 6. The molecule has 42 heavy (non-hydrogen) atoms. The first kappa shape index (κ1) is 31.8. The molecule has 2 aliphatic rings. The Kier molecular flexibility index (Phi) is 9.52. The van der Waals surface area contributed by atoms with Crippen molar-refractivity contribution >= 4 is 50.2 Å². The van der Waals surface area contributed by atoms with Gasteiger partial charge in [-0.05, 0) is 22.1 Å². The van der Waals surface area contributed by atoms with E-state index in [0.29, 0.717) is 0 Å². The highest BCUT2D eigenvalue weighted by Gasteiger charge is 2.55. The lowest BCUT2D eigenvalue weighted by Crippen LogP contribution is -2.49. The molecule has 0 amide bonds. The molecule has 0 radical (unpaired) electrons. The van der Waals surface area contributed by atoms with Gasteiger partial charge < -0.3 is 39.4 Å². The molecule has 17 nitrogen and oxygen atoms in total. The Morgan fingerprint density at radius 3 is 1.57 bits per heavy atom. The van der Waals surface area contributed by atoms with E-state index in [2.05, 4.69) is 41.8 Å². The number of carbonyl (C=O) groups excluding carboxylic acids is 1. The second kappa shape index (κ2) is 12.6. The molecule has 228 valence electrons. The van der Waals surface area contributed by atoms with Crippen molar-refractivity contribution in [3.05, 3.63) is 75.2 Å². The van der Waals surface area contributed by atoms with Gasteiger partial charge in [0, 0.05) is 12.4 Å². The van der Waals surface area contributed by atoms with Gasteiger partial charge in [-0.25, -0.2) is 14.4 Å². The number of halogens is 2. The minimum atomic E-state index is -2.59. The van der Waals surface area contributed by atoms with Crippen LogP contribution in [0.25, 0.3) is 12.2 Å². The number of aromatic nitrogens is 4. The largest absolute Gasteiger partial charge is 0.513 e. The summed E-state index contributed by atoms with van der Waals surface area (Å²) in [4.78, 5) is 68.4. The lowest BCUT2D eigenvalue weighted by molar-refractivity contribution is -0.252. The Hall–Kier alpha value is -3.17. The maximum absolute atomic E-state index is 12.8. The number of H-pyrrole nitrogens is 2. The van der Waals surface area contributed by atoms with Crippen LogP contribution >= 0.6 is 31.9 Å². The van der Waals surface area contributed by atoms with Crippen molar-refractivity contribution in [1.29, 1.82) is 0 Å². The van der Waals surface area contributed by atoms with Crippen molar-refractivity contribution in [2.75, 3.05) is 13.2 Å². The van der Waals surface area contributed by atoms with E-state index in [1.165, 1.54) is 22.1 Å². The van der Waals surface area contributed by atoms with Crippen molar-refractivity contribution in [2.45, 2.75) is 49.1 Å². The second-order valence-corrected chi connectivity index (χ2v) is 10.2. The summed E-state index contributed by atoms with van der Waals surface area (Å²) in [5.41, 5.74) is -3.17. The van der Waals surface area contributed by atoms with Crippen LogP contribution in [0.5, 0.6) is 0 Å². The maximum Gasteiger partial charge on any atom is 0.513 e. The maximum atomic E-state index is 12.8. The van der Waals surface area contributed by atoms with Crippen LogP contribution in [0.15, 0.2) is 41.5 Å². The van der Waals surface area contributed by atoms with Gasteiger partial charge >= 0.3 is 17.5 Å². The molecule has 0 aliphatic carbocycles. The number of nitrogens with one attached hydrogen (secondary N) is 2. The summed E-state index contributed by atoms with van der Waals surface area (Å²) in [5.74, 6) is -5.18. The third-order valence-electron chi connectivity index (χ3n) is 6.53. The second-order valence-electron chi connectivity index (χ2n) is 9.16. The van der Waals surface area contributed by atoms with Crippen LogP contribution in [0, 0.1) is 0 Å². The van der Waals surface area contributed by atoms with Crippen LogP contribution in [0.4, 0.5) is 4.79 Å². The van der Waals surface area contributed by atoms with E-state index in [4.69, 9.17) is 18.9 Å². The molecule has 4 rings (SSSR count). The first-order valence-corrected chi connectivity index (χ1v) is 13.8. The number of aliphatic hydroxyl groups is 4. The highest BCUT2D eigenvalue weighted by atomic mass is 79.9. The van der Waals surface area contributed by atoms with Gasteiger partial charge in [-0.1, -0.05) is 31.9 Å². The summed E-state index contributed by atoms with van der Waals surface area (Å²) in [6, 6.07) is 0. The van der Waals surface area contributed by atoms with Crippen molar-refractivity contribution in [1.82, 2.24) is 19.1 Å². The molecule has 0 bridgehead atoms. The predicted molar refractivity (Wildman–Crippen MR) is 147 cm³/mol. The topological polar surface area (TPSA) is 245 Å². The zero-order valence-electron chi connectivity index (χ0n) is 21.2. The Labute approximate surface area is 250 Å². The lowest BCUT2D eigenvalue weighted by atomic mass is 10.1. The van der Waals surface area contributed by atoms with Gasteiger partial charge in [-0.2, -0.15) is 0 Å². The number of nitrogens with zero attached hydrogens (tertiary/aromatic N) is 2. The first-order chi connectivity index (χ1) is 19.9. The van der Waals surface area contributed by atoms with Gasteiger partial charge in [0.05, 0.1) is 37.2 Å². The number of carbonyl (C=O) groups is 1. The average Bonchev–Trinajstić information content (AvgIpc) is 3.42. The Balaban J connectivity index is 1.54. The standard InChI is InChI=1S/C23H24Br2N4O13/c24-3-1-11-7-28(19(34)26-17(11)32)15-5-22(37,13(9-30)39-15)41-21(36)42-23(38)6-16(40-14(23)10-31)29-8-12(2-4-25)18(33)27-20(29)35/h1-4,7-8,13-16,30-31,37-38H,5-6,9-10H2,(H,26,32,34)(H,27,33,35)/t13-,14-,15-,16-,22?,23?/m0/s1. The van der Waals surface area contributed by atoms with Crippen molar-refractivity contribution in [2.24, 2.45) is 0 Å². The smallest absolute Gasteiger partial charge is 0.399 e. The van der Waals surface area contributed by atoms with Crippen molar-refractivity contribution < 1.29 is 44.2 Å². The molecule has 6 atom stereocenters. The number of aliphatic hydroxyl groups excluding tert-OH is 2. The molecular weight excluding hydrogens is 700 g/mol.